The molecule has 2 aromatic carbocycles. The summed E-state index contributed by atoms with van der Waals surface area (Å²) in [4.78, 5) is 12.5. The summed E-state index contributed by atoms with van der Waals surface area (Å²) in [5.41, 5.74) is 1.86. The van der Waals surface area contributed by atoms with Gasteiger partial charge in [0.2, 0.25) is 15.9 Å². The molecule has 0 aromatic heterocycles. The van der Waals surface area contributed by atoms with Crippen LogP contribution in [0.2, 0.25) is 0 Å². The Labute approximate surface area is 189 Å². The third-order valence-corrected chi connectivity index (χ3v) is 7.03. The van der Waals surface area contributed by atoms with Gasteiger partial charge in [-0.1, -0.05) is 24.3 Å². The highest BCUT2D eigenvalue weighted by atomic mass is 32.2. The van der Waals surface area contributed by atoms with Crippen LogP contribution in [0.1, 0.15) is 17.5 Å². The van der Waals surface area contributed by atoms with Gasteiger partial charge in [-0.2, -0.15) is 4.31 Å². The minimum absolute atomic E-state index is 0.0688. The number of benzene rings is 2. The molecule has 1 amide bonds. The van der Waals surface area contributed by atoms with E-state index in [1.807, 2.05) is 24.3 Å². The Morgan fingerprint density at radius 1 is 1.06 bits per heavy atom. The van der Waals surface area contributed by atoms with E-state index in [9.17, 15) is 13.2 Å². The van der Waals surface area contributed by atoms with Gasteiger partial charge in [0, 0.05) is 33.2 Å². The van der Waals surface area contributed by atoms with Gasteiger partial charge >= 0.3 is 0 Å². The number of ether oxygens (including phenoxy) is 3. The summed E-state index contributed by atoms with van der Waals surface area (Å²) >= 11 is 0. The number of hydrogen-bond acceptors (Lipinski definition) is 6. The van der Waals surface area contributed by atoms with Gasteiger partial charge in [-0.25, -0.2) is 8.42 Å². The SMILES string of the molecule is COCCOc1cccc(CNC(=O)CCc2ccc(S(=O)(=O)N3CCOCC3)cc2)c1. The molecular weight excluding hydrogens is 432 g/mol. The molecule has 0 bridgehead atoms. The van der Waals surface area contributed by atoms with Crippen molar-refractivity contribution in [3.63, 3.8) is 0 Å². The highest BCUT2D eigenvalue weighted by molar-refractivity contribution is 7.89. The average Bonchev–Trinajstić information content (AvgIpc) is 2.83. The molecule has 1 fully saturated rings. The first-order valence-electron chi connectivity index (χ1n) is 10.6. The smallest absolute Gasteiger partial charge is 0.243 e. The Hall–Kier alpha value is -2.46. The molecule has 0 atom stereocenters. The molecular formula is C23H30N2O6S. The third-order valence-electron chi connectivity index (χ3n) is 5.12. The second-order valence-electron chi connectivity index (χ2n) is 7.43. The number of hydrogen-bond donors (Lipinski definition) is 1. The first-order valence-corrected chi connectivity index (χ1v) is 12.1. The number of methoxy groups -OCH3 is 1. The van der Waals surface area contributed by atoms with Crippen LogP contribution in [-0.4, -0.2) is 65.3 Å². The Bertz CT molecular complexity index is 972. The fourth-order valence-electron chi connectivity index (χ4n) is 3.30. The zero-order valence-corrected chi connectivity index (χ0v) is 19.1. The number of aryl methyl sites for hydroxylation is 1. The van der Waals surface area contributed by atoms with E-state index in [-0.39, 0.29) is 10.8 Å². The molecule has 1 N–H and O–H groups in total. The van der Waals surface area contributed by atoms with Gasteiger partial charge in [-0.15, -0.1) is 0 Å². The van der Waals surface area contributed by atoms with Crippen LogP contribution >= 0.6 is 0 Å². The molecule has 1 aliphatic heterocycles. The van der Waals surface area contributed by atoms with Crippen LogP contribution < -0.4 is 10.1 Å². The van der Waals surface area contributed by atoms with E-state index in [1.165, 1.54) is 4.31 Å². The number of morpholine rings is 1. The number of nitrogens with zero attached hydrogens (tertiary/aromatic N) is 1. The lowest BCUT2D eigenvalue weighted by Gasteiger charge is -2.26. The predicted octanol–water partition coefficient (Wildman–Crippen LogP) is 1.98. The van der Waals surface area contributed by atoms with Gasteiger partial charge in [0.25, 0.3) is 0 Å². The van der Waals surface area contributed by atoms with Crippen molar-refractivity contribution >= 4 is 15.9 Å². The van der Waals surface area contributed by atoms with Crippen molar-refractivity contribution < 1.29 is 27.4 Å². The molecule has 0 radical (unpaired) electrons. The third kappa shape index (κ3) is 7.03. The van der Waals surface area contributed by atoms with E-state index >= 15 is 0 Å². The highest BCUT2D eigenvalue weighted by Gasteiger charge is 2.26. The summed E-state index contributed by atoms with van der Waals surface area (Å²) in [6.07, 6.45) is 0.851. The summed E-state index contributed by atoms with van der Waals surface area (Å²) in [5, 5.41) is 2.91. The summed E-state index contributed by atoms with van der Waals surface area (Å²) in [5.74, 6) is 0.668. The van der Waals surface area contributed by atoms with Crippen molar-refractivity contribution in [3.8, 4) is 5.75 Å². The van der Waals surface area contributed by atoms with Crippen LogP contribution in [0.15, 0.2) is 53.4 Å². The second-order valence-corrected chi connectivity index (χ2v) is 9.36. The van der Waals surface area contributed by atoms with Gasteiger partial charge < -0.3 is 19.5 Å². The van der Waals surface area contributed by atoms with Crippen LogP contribution in [0.5, 0.6) is 5.75 Å². The molecule has 1 aliphatic rings. The van der Waals surface area contributed by atoms with E-state index in [0.29, 0.717) is 58.9 Å². The van der Waals surface area contributed by atoms with E-state index in [0.717, 1.165) is 16.9 Å². The molecule has 0 saturated carbocycles. The zero-order chi connectivity index (χ0) is 22.8. The lowest BCUT2D eigenvalue weighted by atomic mass is 10.1. The van der Waals surface area contributed by atoms with Crippen molar-refractivity contribution in [1.82, 2.24) is 9.62 Å². The predicted molar refractivity (Wildman–Crippen MR) is 120 cm³/mol. The molecule has 3 rings (SSSR count). The molecule has 0 aliphatic carbocycles. The Balaban J connectivity index is 1.45. The minimum atomic E-state index is -3.50. The van der Waals surface area contributed by atoms with Crippen molar-refractivity contribution in [3.05, 3.63) is 59.7 Å². The monoisotopic (exact) mass is 462 g/mol. The number of amides is 1. The van der Waals surface area contributed by atoms with Gasteiger partial charge in [-0.05, 0) is 41.8 Å². The number of carbonyl (C=O) groups is 1. The van der Waals surface area contributed by atoms with Crippen molar-refractivity contribution in [2.45, 2.75) is 24.3 Å². The van der Waals surface area contributed by atoms with Crippen LogP contribution in [0.3, 0.4) is 0 Å². The lowest BCUT2D eigenvalue weighted by molar-refractivity contribution is -0.121. The summed E-state index contributed by atoms with van der Waals surface area (Å²) in [6, 6.07) is 14.3. The number of carbonyl (C=O) groups excluding carboxylic acids is 1. The maximum atomic E-state index is 12.7. The molecule has 9 heteroatoms. The summed E-state index contributed by atoms with van der Waals surface area (Å²) in [7, 11) is -1.88. The number of nitrogens with one attached hydrogen (secondary N) is 1. The largest absolute Gasteiger partial charge is 0.491 e. The van der Waals surface area contributed by atoms with Crippen molar-refractivity contribution in [2.24, 2.45) is 0 Å². The first kappa shape index (κ1) is 24.2. The van der Waals surface area contributed by atoms with E-state index < -0.39 is 10.0 Å². The summed E-state index contributed by atoms with van der Waals surface area (Å²) in [6.45, 7) is 2.96. The van der Waals surface area contributed by atoms with Crippen LogP contribution in [0, 0.1) is 0 Å². The van der Waals surface area contributed by atoms with Gasteiger partial charge in [0.15, 0.2) is 0 Å². The van der Waals surface area contributed by atoms with Gasteiger partial charge in [0.05, 0.1) is 24.7 Å². The van der Waals surface area contributed by atoms with Crippen LogP contribution in [0.25, 0.3) is 0 Å². The zero-order valence-electron chi connectivity index (χ0n) is 18.3. The Morgan fingerprint density at radius 2 is 1.81 bits per heavy atom. The van der Waals surface area contributed by atoms with Crippen LogP contribution in [-0.2, 0) is 37.3 Å². The minimum Gasteiger partial charge on any atom is -0.491 e. The normalized spacial score (nSPS) is 14.8. The molecule has 32 heavy (non-hydrogen) atoms. The summed E-state index contributed by atoms with van der Waals surface area (Å²) < 4.78 is 42.6. The average molecular weight is 463 g/mol. The number of sulfonamides is 1. The van der Waals surface area contributed by atoms with Gasteiger partial charge in [0.1, 0.15) is 12.4 Å². The maximum absolute atomic E-state index is 12.7. The molecule has 0 unspecified atom stereocenters. The molecule has 174 valence electrons. The van der Waals surface area contributed by atoms with Crippen LogP contribution in [0.4, 0.5) is 0 Å². The van der Waals surface area contributed by atoms with Gasteiger partial charge in [-0.3, -0.25) is 4.79 Å². The maximum Gasteiger partial charge on any atom is 0.243 e. The van der Waals surface area contributed by atoms with E-state index in [4.69, 9.17) is 14.2 Å². The Morgan fingerprint density at radius 3 is 2.53 bits per heavy atom. The molecule has 1 saturated heterocycles. The molecule has 2 aromatic rings. The van der Waals surface area contributed by atoms with E-state index in [1.54, 1.807) is 31.4 Å². The topological polar surface area (TPSA) is 94.2 Å². The first-order chi connectivity index (χ1) is 15.5. The lowest BCUT2D eigenvalue weighted by Crippen LogP contribution is -2.40. The molecule has 0 spiro atoms. The van der Waals surface area contributed by atoms with E-state index in [2.05, 4.69) is 5.32 Å². The molecule has 8 nitrogen and oxygen atoms in total. The fourth-order valence-corrected chi connectivity index (χ4v) is 4.71. The molecule has 1 heterocycles. The fraction of sp³-hybridized carbons (Fsp3) is 0.435. The second kappa shape index (κ2) is 12.0. The van der Waals surface area contributed by atoms with Crippen molar-refractivity contribution in [1.29, 1.82) is 0 Å². The quantitative estimate of drug-likeness (QED) is 0.513. The Kier molecular flexibility index (Phi) is 9.04. The number of rotatable bonds is 11. The standard InChI is InChI=1S/C23H30N2O6S/c1-29-15-16-31-21-4-2-3-20(17-21)18-24-23(26)10-7-19-5-8-22(9-6-19)32(27,28)25-11-13-30-14-12-25/h2-6,8-9,17H,7,10-16,18H2,1H3,(H,24,26). The highest BCUT2D eigenvalue weighted by Crippen LogP contribution is 2.18. The van der Waals surface area contributed by atoms with Crippen molar-refractivity contribution in [2.75, 3.05) is 46.6 Å².